The summed E-state index contributed by atoms with van der Waals surface area (Å²) in [5, 5.41) is 0. The molecule has 2 aromatic rings. The summed E-state index contributed by atoms with van der Waals surface area (Å²) in [7, 11) is 0. The number of halogens is 4. The molecule has 0 saturated carbocycles. The van der Waals surface area contributed by atoms with E-state index in [1.807, 2.05) is 0 Å². The van der Waals surface area contributed by atoms with Gasteiger partial charge in [-0.05, 0) is 12.1 Å². The van der Waals surface area contributed by atoms with Crippen LogP contribution < -0.4 is 4.74 Å². The Kier molecular flexibility index (Phi) is 3.95. The third-order valence-corrected chi connectivity index (χ3v) is 2.68. The number of alkyl halides is 4. The first-order valence-corrected chi connectivity index (χ1v) is 5.89. The van der Waals surface area contributed by atoms with Crippen LogP contribution in [0.3, 0.4) is 0 Å². The Hall–Kier alpha value is -1.75. The van der Waals surface area contributed by atoms with Gasteiger partial charge in [-0.25, -0.2) is 4.98 Å². The van der Waals surface area contributed by atoms with Gasteiger partial charge < -0.3 is 4.74 Å². The van der Waals surface area contributed by atoms with Crippen LogP contribution in [0.25, 0.3) is 0 Å². The van der Waals surface area contributed by atoms with Crippen LogP contribution in [0.15, 0.2) is 42.6 Å². The van der Waals surface area contributed by atoms with E-state index in [0.717, 1.165) is 17.8 Å². The van der Waals surface area contributed by atoms with Crippen molar-refractivity contribution in [2.24, 2.45) is 0 Å². The van der Waals surface area contributed by atoms with E-state index >= 15 is 0 Å². The summed E-state index contributed by atoms with van der Waals surface area (Å²) in [5.41, 5.74) is -0.0728. The zero-order valence-electron chi connectivity index (χ0n) is 9.62. The predicted molar refractivity (Wildman–Crippen MR) is 65.3 cm³/mol. The lowest BCUT2D eigenvalue weighted by Gasteiger charge is -2.10. The van der Waals surface area contributed by atoms with Crippen LogP contribution in [0.5, 0.6) is 11.6 Å². The molecule has 2 nitrogen and oxygen atoms in total. The van der Waals surface area contributed by atoms with Gasteiger partial charge in [0.2, 0.25) is 5.88 Å². The lowest BCUT2D eigenvalue weighted by molar-refractivity contribution is -0.137. The summed E-state index contributed by atoms with van der Waals surface area (Å²) >= 11 is 5.73. The molecule has 0 aliphatic heterocycles. The van der Waals surface area contributed by atoms with Crippen LogP contribution in [0.2, 0.25) is 0 Å². The molecule has 100 valence electrons. The largest absolute Gasteiger partial charge is 0.439 e. The number of hydrogen-bond acceptors (Lipinski definition) is 2. The van der Waals surface area contributed by atoms with Crippen molar-refractivity contribution in [3.05, 3.63) is 53.7 Å². The minimum atomic E-state index is -4.40. The molecule has 0 N–H and O–H groups in total. The van der Waals surface area contributed by atoms with E-state index < -0.39 is 11.7 Å². The number of aromatic nitrogens is 1. The molecule has 0 aliphatic carbocycles. The Morgan fingerprint density at radius 1 is 1.11 bits per heavy atom. The number of hydrogen-bond donors (Lipinski definition) is 0. The molecule has 2 rings (SSSR count). The molecule has 0 fully saturated rings. The summed E-state index contributed by atoms with van der Waals surface area (Å²) in [6.07, 6.45) is -3.67. The minimum Gasteiger partial charge on any atom is -0.439 e. The Labute approximate surface area is 112 Å². The molecule has 1 heterocycles. The van der Waals surface area contributed by atoms with Gasteiger partial charge in [0.25, 0.3) is 0 Å². The Morgan fingerprint density at radius 2 is 1.84 bits per heavy atom. The maximum absolute atomic E-state index is 12.4. The molecule has 0 saturated heterocycles. The van der Waals surface area contributed by atoms with Crippen molar-refractivity contribution >= 4 is 11.6 Å². The topological polar surface area (TPSA) is 22.1 Å². The molecule has 0 radical (unpaired) electrons. The number of benzene rings is 1. The fourth-order valence-corrected chi connectivity index (χ4v) is 1.66. The third kappa shape index (κ3) is 3.38. The second-order valence-electron chi connectivity index (χ2n) is 3.73. The molecular weight excluding hydrogens is 279 g/mol. The standard InChI is InChI=1S/C13H9ClF3NO/c14-7-9-3-1-2-4-11(9)19-12-6-5-10(8-18-12)13(15,16)17/h1-6,8H,7H2. The van der Waals surface area contributed by atoms with Crippen molar-refractivity contribution in [1.82, 2.24) is 4.98 Å². The van der Waals surface area contributed by atoms with E-state index in [1.165, 1.54) is 6.07 Å². The molecule has 0 amide bonds. The fourth-order valence-electron chi connectivity index (χ4n) is 1.43. The van der Waals surface area contributed by atoms with Crippen molar-refractivity contribution < 1.29 is 17.9 Å². The van der Waals surface area contributed by atoms with Crippen LogP contribution in [0.4, 0.5) is 13.2 Å². The quantitative estimate of drug-likeness (QED) is 0.768. The highest BCUT2D eigenvalue weighted by molar-refractivity contribution is 6.17. The maximum Gasteiger partial charge on any atom is 0.417 e. The highest BCUT2D eigenvalue weighted by Gasteiger charge is 2.30. The van der Waals surface area contributed by atoms with Gasteiger partial charge in [-0.3, -0.25) is 0 Å². The van der Waals surface area contributed by atoms with Crippen LogP contribution >= 0.6 is 11.6 Å². The molecule has 0 unspecified atom stereocenters. The second kappa shape index (κ2) is 5.48. The van der Waals surface area contributed by atoms with Crippen LogP contribution in [-0.4, -0.2) is 4.98 Å². The summed E-state index contributed by atoms with van der Waals surface area (Å²) in [6.45, 7) is 0. The monoisotopic (exact) mass is 287 g/mol. The van der Waals surface area contributed by atoms with Crippen molar-refractivity contribution in [1.29, 1.82) is 0 Å². The summed E-state index contributed by atoms with van der Waals surface area (Å²) in [4.78, 5) is 3.63. The highest BCUT2D eigenvalue weighted by Crippen LogP contribution is 2.30. The predicted octanol–water partition coefficient (Wildman–Crippen LogP) is 4.63. The smallest absolute Gasteiger partial charge is 0.417 e. The number of ether oxygens (including phenoxy) is 1. The average molecular weight is 288 g/mol. The van der Waals surface area contributed by atoms with Gasteiger partial charge in [0.15, 0.2) is 0 Å². The lowest BCUT2D eigenvalue weighted by atomic mass is 10.2. The fraction of sp³-hybridized carbons (Fsp3) is 0.154. The van der Waals surface area contributed by atoms with Gasteiger partial charge in [-0.15, -0.1) is 11.6 Å². The third-order valence-electron chi connectivity index (χ3n) is 2.39. The zero-order valence-corrected chi connectivity index (χ0v) is 10.4. The van der Waals surface area contributed by atoms with Crippen molar-refractivity contribution in [3.8, 4) is 11.6 Å². The molecule has 0 aliphatic rings. The van der Waals surface area contributed by atoms with E-state index in [9.17, 15) is 13.2 Å². The average Bonchev–Trinajstić information content (AvgIpc) is 2.39. The molecule has 19 heavy (non-hydrogen) atoms. The molecule has 0 spiro atoms. The first-order valence-electron chi connectivity index (χ1n) is 5.35. The number of para-hydroxylation sites is 1. The maximum atomic E-state index is 12.4. The molecule has 1 aromatic carbocycles. The molecular formula is C13H9ClF3NO. The number of pyridine rings is 1. The van der Waals surface area contributed by atoms with Gasteiger partial charge in [0.1, 0.15) is 5.75 Å². The van der Waals surface area contributed by atoms with Gasteiger partial charge in [0.05, 0.1) is 11.4 Å². The number of nitrogens with zero attached hydrogens (tertiary/aromatic N) is 1. The van der Waals surface area contributed by atoms with E-state index in [2.05, 4.69) is 4.98 Å². The molecule has 0 atom stereocenters. The Morgan fingerprint density at radius 3 is 2.42 bits per heavy atom. The lowest BCUT2D eigenvalue weighted by Crippen LogP contribution is -2.05. The van der Waals surface area contributed by atoms with Crippen molar-refractivity contribution in [2.45, 2.75) is 12.1 Å². The SMILES string of the molecule is FC(F)(F)c1ccc(Oc2ccccc2CCl)nc1. The van der Waals surface area contributed by atoms with Gasteiger partial charge in [0, 0.05) is 17.8 Å². The van der Waals surface area contributed by atoms with Gasteiger partial charge in [-0.1, -0.05) is 18.2 Å². The van der Waals surface area contributed by atoms with E-state index in [-0.39, 0.29) is 11.8 Å². The normalized spacial score (nSPS) is 11.4. The first-order chi connectivity index (χ1) is 9.00. The first kappa shape index (κ1) is 13.7. The van der Waals surface area contributed by atoms with Gasteiger partial charge >= 0.3 is 6.18 Å². The zero-order chi connectivity index (χ0) is 13.9. The van der Waals surface area contributed by atoms with Crippen LogP contribution in [-0.2, 0) is 12.1 Å². The second-order valence-corrected chi connectivity index (χ2v) is 3.99. The highest BCUT2D eigenvalue weighted by atomic mass is 35.5. The molecule has 1 aromatic heterocycles. The minimum absolute atomic E-state index is 0.0885. The van der Waals surface area contributed by atoms with Crippen molar-refractivity contribution in [2.75, 3.05) is 0 Å². The van der Waals surface area contributed by atoms with Gasteiger partial charge in [-0.2, -0.15) is 13.2 Å². The van der Waals surface area contributed by atoms with E-state index in [0.29, 0.717) is 5.75 Å². The summed E-state index contributed by atoms with van der Waals surface area (Å²) < 4.78 is 42.5. The number of rotatable bonds is 3. The summed E-state index contributed by atoms with van der Waals surface area (Å²) in [6, 6.07) is 9.09. The van der Waals surface area contributed by atoms with Crippen LogP contribution in [0.1, 0.15) is 11.1 Å². The van der Waals surface area contributed by atoms with E-state index in [4.69, 9.17) is 16.3 Å². The molecule has 6 heteroatoms. The summed E-state index contributed by atoms with van der Waals surface area (Å²) in [5.74, 6) is 0.812. The Bertz CT molecular complexity index is 555. The van der Waals surface area contributed by atoms with E-state index in [1.54, 1.807) is 24.3 Å². The van der Waals surface area contributed by atoms with Crippen molar-refractivity contribution in [3.63, 3.8) is 0 Å². The van der Waals surface area contributed by atoms with Crippen LogP contribution in [0, 0.1) is 0 Å². The molecule has 0 bridgehead atoms. The Balaban J connectivity index is 2.20.